The van der Waals surface area contributed by atoms with Gasteiger partial charge in [0.1, 0.15) is 12.7 Å². The summed E-state index contributed by atoms with van der Waals surface area (Å²) in [5, 5.41) is 3.61. The molecule has 1 aromatic heterocycles. The van der Waals surface area contributed by atoms with Crippen LogP contribution >= 0.6 is 11.6 Å². The number of pyridine rings is 1. The van der Waals surface area contributed by atoms with Gasteiger partial charge in [-0.2, -0.15) is 0 Å². The molecular weight excluding hydrogens is 378 g/mol. The highest BCUT2D eigenvalue weighted by atomic mass is 35.5. The Balaban J connectivity index is 1.21. The molecule has 1 N–H and O–H groups in total. The smallest absolute Gasteiger partial charge is 0.252 e. The molecule has 7 heteroatoms. The summed E-state index contributed by atoms with van der Waals surface area (Å²) in [6.07, 6.45) is 5.35. The number of benzene rings is 1. The molecule has 4 rings (SSSR count). The van der Waals surface area contributed by atoms with Crippen LogP contribution in [0, 0.1) is 5.92 Å². The molecule has 3 heterocycles. The zero-order valence-electron chi connectivity index (χ0n) is 15.6. The van der Waals surface area contributed by atoms with Crippen LogP contribution in [0.5, 0.6) is 11.5 Å². The van der Waals surface area contributed by atoms with Crippen LogP contribution in [0.4, 0.5) is 0 Å². The van der Waals surface area contributed by atoms with Crippen LogP contribution in [0.25, 0.3) is 0 Å². The van der Waals surface area contributed by atoms with Crippen LogP contribution in [0.1, 0.15) is 23.2 Å². The van der Waals surface area contributed by atoms with Gasteiger partial charge in [-0.3, -0.25) is 14.7 Å². The number of carbonyl (C=O) groups is 1. The zero-order valence-corrected chi connectivity index (χ0v) is 16.4. The van der Waals surface area contributed by atoms with Crippen molar-refractivity contribution in [3.63, 3.8) is 0 Å². The van der Waals surface area contributed by atoms with E-state index in [0.29, 0.717) is 41.2 Å². The summed E-state index contributed by atoms with van der Waals surface area (Å²) >= 11 is 6.22. The minimum absolute atomic E-state index is 0.0192. The molecule has 1 amide bonds. The van der Waals surface area contributed by atoms with Crippen molar-refractivity contribution in [2.24, 2.45) is 5.92 Å². The molecule has 1 fully saturated rings. The number of ether oxygens (including phenoxy) is 2. The van der Waals surface area contributed by atoms with Gasteiger partial charge >= 0.3 is 0 Å². The van der Waals surface area contributed by atoms with E-state index in [4.69, 9.17) is 21.1 Å². The van der Waals surface area contributed by atoms with Crippen molar-refractivity contribution in [2.75, 3.05) is 32.8 Å². The van der Waals surface area contributed by atoms with E-state index in [9.17, 15) is 4.79 Å². The topological polar surface area (TPSA) is 63.7 Å². The predicted octanol–water partition coefficient (Wildman–Crippen LogP) is 3.02. The fraction of sp³-hybridized carbons (Fsp3) is 0.429. The molecule has 2 aliphatic heterocycles. The highest BCUT2D eigenvalue weighted by molar-refractivity contribution is 6.32. The van der Waals surface area contributed by atoms with E-state index in [1.165, 1.54) is 0 Å². The Bertz CT molecular complexity index is 810. The van der Waals surface area contributed by atoms with Crippen LogP contribution in [0.15, 0.2) is 42.7 Å². The van der Waals surface area contributed by atoms with Gasteiger partial charge in [0, 0.05) is 25.5 Å². The maximum absolute atomic E-state index is 12.1. The molecular formula is C21H24ClN3O3. The summed E-state index contributed by atoms with van der Waals surface area (Å²) in [5.74, 6) is 1.80. The lowest BCUT2D eigenvalue weighted by Gasteiger charge is -2.35. The molecule has 2 aliphatic rings. The maximum atomic E-state index is 12.1. The fourth-order valence-corrected chi connectivity index (χ4v) is 3.90. The van der Waals surface area contributed by atoms with E-state index in [1.807, 2.05) is 18.2 Å². The SMILES string of the molecule is O=C(NCC1CCN(CC2COc3cccc(Cl)c3O2)CC1)c1cccnc1. The van der Waals surface area contributed by atoms with E-state index in [0.717, 1.165) is 32.5 Å². The molecule has 28 heavy (non-hydrogen) atoms. The summed E-state index contributed by atoms with van der Waals surface area (Å²) < 4.78 is 11.9. The molecule has 6 nitrogen and oxygen atoms in total. The molecule has 0 bridgehead atoms. The van der Waals surface area contributed by atoms with Crippen molar-refractivity contribution in [2.45, 2.75) is 18.9 Å². The largest absolute Gasteiger partial charge is 0.486 e. The first-order valence-corrected chi connectivity index (χ1v) is 10.1. The Morgan fingerprint density at radius 2 is 2.11 bits per heavy atom. The lowest BCUT2D eigenvalue weighted by molar-refractivity contribution is 0.0477. The van der Waals surface area contributed by atoms with Gasteiger partial charge in [-0.05, 0) is 56.1 Å². The summed E-state index contributed by atoms with van der Waals surface area (Å²) in [7, 11) is 0. The van der Waals surface area contributed by atoms with Crippen molar-refractivity contribution in [3.8, 4) is 11.5 Å². The number of fused-ring (bicyclic) bond motifs is 1. The second-order valence-electron chi connectivity index (χ2n) is 7.31. The predicted molar refractivity (Wildman–Crippen MR) is 107 cm³/mol. The first-order valence-electron chi connectivity index (χ1n) is 9.67. The number of nitrogens with zero attached hydrogens (tertiary/aromatic N) is 2. The van der Waals surface area contributed by atoms with Crippen LogP contribution < -0.4 is 14.8 Å². The standard InChI is InChI=1S/C21H24ClN3O3/c22-18-4-1-5-19-20(18)28-17(14-27-19)13-25-9-6-15(7-10-25)11-24-21(26)16-3-2-8-23-12-16/h1-5,8,12,15,17H,6-7,9-11,13-14H2,(H,24,26). The van der Waals surface area contributed by atoms with Crippen LogP contribution in [-0.2, 0) is 0 Å². The minimum atomic E-state index is -0.0566. The molecule has 0 saturated carbocycles. The van der Waals surface area contributed by atoms with Crippen molar-refractivity contribution < 1.29 is 14.3 Å². The van der Waals surface area contributed by atoms with E-state index in [1.54, 1.807) is 24.5 Å². The average molecular weight is 402 g/mol. The highest BCUT2D eigenvalue weighted by Gasteiger charge is 2.27. The number of carbonyl (C=O) groups excluding carboxylic acids is 1. The van der Waals surface area contributed by atoms with Gasteiger partial charge < -0.3 is 14.8 Å². The normalized spacial score (nSPS) is 20.0. The molecule has 148 valence electrons. The Kier molecular flexibility index (Phi) is 5.98. The number of rotatable bonds is 5. The summed E-state index contributed by atoms with van der Waals surface area (Å²) in [5.41, 5.74) is 0.605. The quantitative estimate of drug-likeness (QED) is 0.834. The third kappa shape index (κ3) is 4.56. The Morgan fingerprint density at radius 3 is 2.89 bits per heavy atom. The van der Waals surface area contributed by atoms with Gasteiger partial charge in [0.15, 0.2) is 11.5 Å². The number of halogens is 1. The number of hydrogen-bond acceptors (Lipinski definition) is 5. The van der Waals surface area contributed by atoms with Gasteiger partial charge in [-0.1, -0.05) is 17.7 Å². The van der Waals surface area contributed by atoms with E-state index in [-0.39, 0.29) is 12.0 Å². The van der Waals surface area contributed by atoms with Crippen LogP contribution in [-0.4, -0.2) is 54.7 Å². The number of aromatic nitrogens is 1. The van der Waals surface area contributed by atoms with Gasteiger partial charge in [0.05, 0.1) is 10.6 Å². The summed E-state index contributed by atoms with van der Waals surface area (Å²) in [4.78, 5) is 18.5. The first kappa shape index (κ1) is 19.0. The molecule has 2 aromatic rings. The number of likely N-dealkylation sites (tertiary alicyclic amines) is 1. The second kappa shape index (κ2) is 8.80. The van der Waals surface area contributed by atoms with Gasteiger partial charge in [-0.15, -0.1) is 0 Å². The Labute approximate surface area is 169 Å². The minimum Gasteiger partial charge on any atom is -0.486 e. The van der Waals surface area contributed by atoms with Crippen molar-refractivity contribution in [1.82, 2.24) is 15.2 Å². The monoisotopic (exact) mass is 401 g/mol. The summed E-state index contributed by atoms with van der Waals surface area (Å²) in [6, 6.07) is 9.11. The first-order chi connectivity index (χ1) is 13.7. The second-order valence-corrected chi connectivity index (χ2v) is 7.72. The van der Waals surface area contributed by atoms with E-state index in [2.05, 4.69) is 15.2 Å². The van der Waals surface area contributed by atoms with Crippen LogP contribution in [0.3, 0.4) is 0 Å². The lowest BCUT2D eigenvalue weighted by Crippen LogP contribution is -2.45. The number of hydrogen-bond donors (Lipinski definition) is 1. The maximum Gasteiger partial charge on any atom is 0.252 e. The number of nitrogens with one attached hydrogen (secondary N) is 1. The van der Waals surface area contributed by atoms with Crippen molar-refractivity contribution >= 4 is 17.5 Å². The lowest BCUT2D eigenvalue weighted by atomic mass is 9.96. The molecule has 1 unspecified atom stereocenters. The molecule has 1 aromatic carbocycles. The third-order valence-corrected chi connectivity index (χ3v) is 5.58. The number of piperidine rings is 1. The molecule has 0 aliphatic carbocycles. The van der Waals surface area contributed by atoms with Crippen molar-refractivity contribution in [3.05, 3.63) is 53.3 Å². The zero-order chi connectivity index (χ0) is 19.3. The molecule has 1 atom stereocenters. The average Bonchev–Trinajstić information content (AvgIpc) is 2.74. The Hall–Kier alpha value is -2.31. The van der Waals surface area contributed by atoms with Gasteiger partial charge in [-0.25, -0.2) is 0 Å². The van der Waals surface area contributed by atoms with Crippen molar-refractivity contribution in [1.29, 1.82) is 0 Å². The molecule has 1 saturated heterocycles. The van der Waals surface area contributed by atoms with Crippen LogP contribution in [0.2, 0.25) is 5.02 Å². The third-order valence-electron chi connectivity index (χ3n) is 5.28. The molecule has 0 spiro atoms. The summed E-state index contributed by atoms with van der Waals surface area (Å²) in [6.45, 7) is 4.03. The van der Waals surface area contributed by atoms with Gasteiger partial charge in [0.2, 0.25) is 0 Å². The number of para-hydroxylation sites is 1. The van der Waals surface area contributed by atoms with E-state index >= 15 is 0 Å². The number of amides is 1. The highest BCUT2D eigenvalue weighted by Crippen LogP contribution is 2.38. The molecule has 0 radical (unpaired) electrons. The van der Waals surface area contributed by atoms with E-state index < -0.39 is 0 Å². The fourth-order valence-electron chi connectivity index (χ4n) is 3.69. The van der Waals surface area contributed by atoms with Gasteiger partial charge in [0.25, 0.3) is 5.91 Å². The Morgan fingerprint density at radius 1 is 1.25 bits per heavy atom.